The highest BCUT2D eigenvalue weighted by molar-refractivity contribution is 5.96. The minimum atomic E-state index is -0.748. The summed E-state index contributed by atoms with van der Waals surface area (Å²) in [5.74, 6) is 0.0747. The smallest absolute Gasteiger partial charge is 0.327 e. The molecule has 9 nitrogen and oxygen atoms in total. The van der Waals surface area contributed by atoms with Gasteiger partial charge in [-0.25, -0.2) is 9.79 Å². The lowest BCUT2D eigenvalue weighted by atomic mass is 10.1. The van der Waals surface area contributed by atoms with Crippen LogP contribution in [0.4, 0.5) is 4.79 Å². The molecule has 2 aliphatic rings. The van der Waals surface area contributed by atoms with Gasteiger partial charge in [-0.2, -0.15) is 0 Å². The molecule has 0 bridgehead atoms. The van der Waals surface area contributed by atoms with Crippen LogP contribution in [0.15, 0.2) is 96.0 Å². The third kappa shape index (κ3) is 6.56. The maximum Gasteiger partial charge on any atom is 0.327 e. The van der Waals surface area contributed by atoms with E-state index in [1.54, 1.807) is 0 Å². The van der Waals surface area contributed by atoms with E-state index in [9.17, 15) is 4.79 Å². The molecule has 0 aliphatic carbocycles. The van der Waals surface area contributed by atoms with E-state index in [0.29, 0.717) is 19.8 Å². The van der Waals surface area contributed by atoms with Crippen molar-refractivity contribution in [2.45, 2.75) is 44.4 Å². The van der Waals surface area contributed by atoms with Crippen LogP contribution >= 0.6 is 0 Å². The fourth-order valence-electron chi connectivity index (χ4n) is 4.51. The number of nitrogens with two attached hydrogens (primary N) is 1. The summed E-state index contributed by atoms with van der Waals surface area (Å²) in [5.41, 5.74) is 8.80. The molecule has 1 saturated heterocycles. The number of hydrogen-bond acceptors (Lipinski definition) is 7. The van der Waals surface area contributed by atoms with Crippen LogP contribution in [0.5, 0.6) is 0 Å². The molecule has 4 atom stereocenters. The van der Waals surface area contributed by atoms with Gasteiger partial charge in [-0.1, -0.05) is 91.0 Å². The van der Waals surface area contributed by atoms with Gasteiger partial charge in [0.2, 0.25) is 0 Å². The van der Waals surface area contributed by atoms with Gasteiger partial charge in [0.05, 0.1) is 26.4 Å². The number of ether oxygens (including phenoxy) is 4. The second-order valence-electron chi connectivity index (χ2n) is 9.17. The zero-order valence-electron chi connectivity index (χ0n) is 21.0. The van der Waals surface area contributed by atoms with Gasteiger partial charge in [-0.3, -0.25) is 10.2 Å². The van der Waals surface area contributed by atoms with Gasteiger partial charge in [0.25, 0.3) is 0 Å². The lowest BCUT2D eigenvalue weighted by Gasteiger charge is -2.33. The molecule has 2 heterocycles. The lowest BCUT2D eigenvalue weighted by molar-refractivity contribution is -0.105. The Hall–Kier alpha value is -3.76. The van der Waals surface area contributed by atoms with Crippen molar-refractivity contribution in [1.29, 1.82) is 0 Å². The summed E-state index contributed by atoms with van der Waals surface area (Å²) < 4.78 is 25.3. The molecule has 0 radical (unpaired) electrons. The van der Waals surface area contributed by atoms with Crippen molar-refractivity contribution in [3.05, 3.63) is 108 Å². The molecular formula is C29H32N4O5. The predicted molar refractivity (Wildman–Crippen MR) is 142 cm³/mol. The summed E-state index contributed by atoms with van der Waals surface area (Å²) in [6, 6.07) is 29.3. The minimum absolute atomic E-state index is 0.0521. The number of aliphatic imine (C=N–C) groups is 1. The molecule has 9 heteroatoms. The van der Waals surface area contributed by atoms with E-state index in [-0.39, 0.29) is 19.2 Å². The second kappa shape index (κ2) is 12.7. The fraction of sp³-hybridized carbons (Fsp3) is 0.310. The van der Waals surface area contributed by atoms with Crippen molar-refractivity contribution >= 4 is 12.0 Å². The Morgan fingerprint density at radius 2 is 1.34 bits per heavy atom. The first kappa shape index (κ1) is 25.9. The number of amides is 2. The normalized spacial score (nSPS) is 23.2. The Morgan fingerprint density at radius 3 is 1.89 bits per heavy atom. The van der Waals surface area contributed by atoms with Crippen LogP contribution in [-0.4, -0.2) is 54.7 Å². The van der Waals surface area contributed by atoms with Crippen molar-refractivity contribution in [1.82, 2.24) is 10.2 Å². The van der Waals surface area contributed by atoms with E-state index in [4.69, 9.17) is 24.7 Å². The first-order valence-electron chi connectivity index (χ1n) is 12.6. The summed E-state index contributed by atoms with van der Waals surface area (Å²) in [6.07, 6.45) is -2.33. The third-order valence-corrected chi connectivity index (χ3v) is 6.45. The molecular weight excluding hydrogens is 484 g/mol. The van der Waals surface area contributed by atoms with Crippen LogP contribution in [0.2, 0.25) is 0 Å². The minimum Gasteiger partial charge on any atom is -0.374 e. The van der Waals surface area contributed by atoms with Gasteiger partial charge in [-0.15, -0.1) is 0 Å². The van der Waals surface area contributed by atoms with E-state index >= 15 is 0 Å². The van der Waals surface area contributed by atoms with E-state index in [2.05, 4.69) is 10.3 Å². The van der Waals surface area contributed by atoms with Crippen LogP contribution in [0, 0.1) is 0 Å². The molecule has 38 heavy (non-hydrogen) atoms. The van der Waals surface area contributed by atoms with Crippen molar-refractivity contribution in [2.24, 2.45) is 10.7 Å². The Kier molecular flexibility index (Phi) is 8.62. The van der Waals surface area contributed by atoms with Gasteiger partial charge < -0.3 is 24.7 Å². The van der Waals surface area contributed by atoms with Gasteiger partial charge >= 0.3 is 6.03 Å². The lowest BCUT2D eigenvalue weighted by Crippen LogP contribution is -2.57. The molecule has 3 N–H and O–H groups in total. The molecule has 0 saturated carbocycles. The molecule has 0 spiro atoms. The summed E-state index contributed by atoms with van der Waals surface area (Å²) in [6.45, 7) is 1.43. The molecule has 2 amide bonds. The topological polar surface area (TPSA) is 108 Å². The molecule has 1 fully saturated rings. The number of nitrogens with one attached hydrogen (secondary N) is 1. The highest BCUT2D eigenvalue weighted by Gasteiger charge is 2.50. The van der Waals surface area contributed by atoms with E-state index in [0.717, 1.165) is 16.7 Å². The number of hydrogen-bond donors (Lipinski definition) is 2. The molecule has 0 aromatic heterocycles. The van der Waals surface area contributed by atoms with Crippen molar-refractivity contribution in [3.63, 3.8) is 0 Å². The number of carbonyl (C=O) groups is 1. The van der Waals surface area contributed by atoms with Crippen LogP contribution in [0.3, 0.4) is 0 Å². The Balaban J connectivity index is 1.36. The van der Waals surface area contributed by atoms with Gasteiger partial charge in [0.1, 0.15) is 25.0 Å². The zero-order chi connectivity index (χ0) is 26.2. The summed E-state index contributed by atoms with van der Waals surface area (Å²) in [7, 11) is 0. The number of guanidine groups is 1. The summed E-state index contributed by atoms with van der Waals surface area (Å²) in [4.78, 5) is 18.5. The number of benzene rings is 3. The first-order valence-corrected chi connectivity index (χ1v) is 12.6. The fourth-order valence-corrected chi connectivity index (χ4v) is 4.51. The van der Waals surface area contributed by atoms with Crippen LogP contribution in [-0.2, 0) is 38.8 Å². The SMILES string of the molecule is NC1=NCN([C@@H]2O[C@H](COCc3ccccc3)[C@@H](OCc3ccccc3)[C@@H]2OCc2ccccc2)C(=O)N1. The second-order valence-corrected chi connectivity index (χ2v) is 9.17. The van der Waals surface area contributed by atoms with Gasteiger partial charge in [-0.05, 0) is 16.7 Å². The van der Waals surface area contributed by atoms with Gasteiger partial charge in [0, 0.05) is 0 Å². The maximum absolute atomic E-state index is 12.8. The van der Waals surface area contributed by atoms with E-state index in [1.165, 1.54) is 4.90 Å². The van der Waals surface area contributed by atoms with Crippen molar-refractivity contribution in [2.75, 3.05) is 13.3 Å². The van der Waals surface area contributed by atoms with Gasteiger partial charge in [0.15, 0.2) is 12.2 Å². The largest absolute Gasteiger partial charge is 0.374 e. The highest BCUT2D eigenvalue weighted by Crippen LogP contribution is 2.31. The average Bonchev–Trinajstić information content (AvgIpc) is 3.29. The quantitative estimate of drug-likeness (QED) is 0.405. The summed E-state index contributed by atoms with van der Waals surface area (Å²) in [5, 5.41) is 2.56. The first-order chi connectivity index (χ1) is 18.7. The van der Waals surface area contributed by atoms with Crippen LogP contribution < -0.4 is 11.1 Å². The van der Waals surface area contributed by atoms with Crippen molar-refractivity contribution < 1.29 is 23.7 Å². The van der Waals surface area contributed by atoms with E-state index in [1.807, 2.05) is 91.0 Å². The van der Waals surface area contributed by atoms with Crippen molar-refractivity contribution in [3.8, 4) is 0 Å². The number of carbonyl (C=O) groups excluding carboxylic acids is 1. The highest BCUT2D eigenvalue weighted by atomic mass is 16.6. The number of nitrogens with zero attached hydrogens (tertiary/aromatic N) is 2. The zero-order valence-corrected chi connectivity index (χ0v) is 21.0. The number of rotatable bonds is 11. The molecule has 3 aromatic rings. The third-order valence-electron chi connectivity index (χ3n) is 6.45. The average molecular weight is 517 g/mol. The Labute approximate surface area is 222 Å². The molecule has 2 aliphatic heterocycles. The van der Waals surface area contributed by atoms with E-state index < -0.39 is 30.6 Å². The Morgan fingerprint density at radius 1 is 0.816 bits per heavy atom. The summed E-state index contributed by atoms with van der Waals surface area (Å²) >= 11 is 0. The molecule has 198 valence electrons. The van der Waals surface area contributed by atoms with Crippen LogP contribution in [0.1, 0.15) is 16.7 Å². The molecule has 5 rings (SSSR count). The monoisotopic (exact) mass is 516 g/mol. The molecule has 0 unspecified atom stereocenters. The standard InChI is InChI=1S/C29H32N4O5/c30-28-31-20-33(29(34)32-28)27-26(37-18-23-14-8-3-9-15-23)25(36-17-22-12-6-2-7-13-22)24(38-27)19-35-16-21-10-4-1-5-11-21/h1-15,24-27H,16-20H2,(H3,30,31,32,34)/t24-,25-,26+,27-/m1/s1. The number of urea groups is 1. The predicted octanol–water partition coefficient (Wildman–Crippen LogP) is 3.40. The maximum atomic E-state index is 12.8. The molecule has 3 aromatic carbocycles. The Bertz CT molecular complexity index is 1200. The van der Waals surface area contributed by atoms with Crippen LogP contribution in [0.25, 0.3) is 0 Å².